The van der Waals surface area contributed by atoms with E-state index >= 15 is 0 Å². The number of hydrogen-bond donors (Lipinski definition) is 1. The Morgan fingerprint density at radius 3 is 2.91 bits per heavy atom. The molecule has 5 heteroatoms. The molecule has 0 spiro atoms. The standard InChI is InChI=1S/C18H27N3OS/c1-14(20-13-23-3)11-15-6-8-16(9-7-15)12-19-18(22)17-5-4-10-21(17)2/h6,8,11,13,17H,4-5,7,9-10,12H2,1-3H3,(H,19,22)/b14-11+,20-13?. The number of allylic oxidation sites excluding steroid dienone is 5. The maximum Gasteiger partial charge on any atom is 0.237 e. The van der Waals surface area contributed by atoms with Crippen LogP contribution in [0.25, 0.3) is 0 Å². The third kappa shape index (κ3) is 5.66. The van der Waals surface area contributed by atoms with Crippen molar-refractivity contribution in [3.63, 3.8) is 0 Å². The molecule has 1 aliphatic heterocycles. The van der Waals surface area contributed by atoms with Crippen LogP contribution in [-0.2, 0) is 4.79 Å². The van der Waals surface area contributed by atoms with Gasteiger partial charge in [0, 0.05) is 12.2 Å². The van der Waals surface area contributed by atoms with Crippen LogP contribution in [0.3, 0.4) is 0 Å². The van der Waals surface area contributed by atoms with Crippen molar-refractivity contribution < 1.29 is 4.79 Å². The number of aliphatic imine (C=N–C) groups is 1. The third-order valence-electron chi connectivity index (χ3n) is 4.34. The van der Waals surface area contributed by atoms with Gasteiger partial charge in [0.15, 0.2) is 0 Å². The minimum absolute atomic E-state index is 0.0603. The molecule has 4 nitrogen and oxygen atoms in total. The summed E-state index contributed by atoms with van der Waals surface area (Å²) in [5.74, 6) is 0.169. The highest BCUT2D eigenvalue weighted by Crippen LogP contribution is 2.21. The summed E-state index contributed by atoms with van der Waals surface area (Å²) in [7, 11) is 2.03. The van der Waals surface area contributed by atoms with Crippen LogP contribution in [0.4, 0.5) is 0 Å². The van der Waals surface area contributed by atoms with Crippen molar-refractivity contribution in [2.45, 2.75) is 38.6 Å². The molecule has 0 bridgehead atoms. The summed E-state index contributed by atoms with van der Waals surface area (Å²) >= 11 is 1.60. The molecule has 23 heavy (non-hydrogen) atoms. The lowest BCUT2D eigenvalue weighted by Crippen LogP contribution is -2.42. The lowest BCUT2D eigenvalue weighted by Gasteiger charge is -2.20. The Balaban J connectivity index is 1.84. The summed E-state index contributed by atoms with van der Waals surface area (Å²) in [6.45, 7) is 3.71. The molecule has 1 heterocycles. The van der Waals surface area contributed by atoms with E-state index in [9.17, 15) is 4.79 Å². The first-order valence-corrected chi connectivity index (χ1v) is 9.49. The Morgan fingerprint density at radius 1 is 1.48 bits per heavy atom. The second-order valence-electron chi connectivity index (χ2n) is 6.18. The quantitative estimate of drug-likeness (QED) is 0.600. The van der Waals surface area contributed by atoms with Crippen LogP contribution in [0.5, 0.6) is 0 Å². The van der Waals surface area contributed by atoms with Crippen molar-refractivity contribution in [2.24, 2.45) is 4.99 Å². The number of carbonyl (C=O) groups excluding carboxylic acids is 1. The zero-order valence-electron chi connectivity index (χ0n) is 14.3. The summed E-state index contributed by atoms with van der Waals surface area (Å²) in [5.41, 5.74) is 5.47. The summed E-state index contributed by atoms with van der Waals surface area (Å²) in [6, 6.07) is 0.0603. The van der Waals surface area contributed by atoms with Gasteiger partial charge in [-0.3, -0.25) is 14.7 Å². The summed E-state index contributed by atoms with van der Waals surface area (Å²) in [6.07, 6.45) is 12.5. The van der Waals surface area contributed by atoms with Gasteiger partial charge in [-0.05, 0) is 64.1 Å². The van der Waals surface area contributed by atoms with E-state index in [1.807, 2.05) is 25.8 Å². The molecule has 1 aliphatic carbocycles. The molecule has 0 radical (unpaired) electrons. The Labute approximate surface area is 143 Å². The minimum atomic E-state index is 0.0603. The Hall–Kier alpha value is -1.33. The van der Waals surface area contributed by atoms with Crippen molar-refractivity contribution in [1.82, 2.24) is 10.2 Å². The smallest absolute Gasteiger partial charge is 0.237 e. The van der Waals surface area contributed by atoms with E-state index in [-0.39, 0.29) is 11.9 Å². The van der Waals surface area contributed by atoms with E-state index in [0.717, 1.165) is 37.9 Å². The molecule has 1 saturated heterocycles. The molecule has 1 N–H and O–H groups in total. The first-order valence-electron chi connectivity index (χ1n) is 8.20. The average Bonchev–Trinajstić information content (AvgIpc) is 2.98. The van der Waals surface area contributed by atoms with Gasteiger partial charge < -0.3 is 5.32 Å². The number of thioether (sulfide) groups is 1. The van der Waals surface area contributed by atoms with Crippen LogP contribution in [-0.4, -0.2) is 48.8 Å². The maximum absolute atomic E-state index is 12.2. The Morgan fingerprint density at radius 2 is 2.30 bits per heavy atom. The summed E-state index contributed by atoms with van der Waals surface area (Å²) < 4.78 is 0. The van der Waals surface area contributed by atoms with E-state index in [1.54, 1.807) is 11.8 Å². The van der Waals surface area contributed by atoms with Crippen LogP contribution < -0.4 is 5.32 Å². The second kappa shape index (κ2) is 9.08. The number of nitrogens with zero attached hydrogens (tertiary/aromatic N) is 2. The Bertz CT molecular complexity index is 548. The topological polar surface area (TPSA) is 44.7 Å². The third-order valence-corrected chi connectivity index (χ3v) is 4.65. The van der Waals surface area contributed by atoms with Crippen LogP contribution in [0, 0.1) is 0 Å². The van der Waals surface area contributed by atoms with Gasteiger partial charge in [-0.2, -0.15) is 0 Å². The van der Waals surface area contributed by atoms with Crippen LogP contribution in [0.1, 0.15) is 32.6 Å². The van der Waals surface area contributed by atoms with Gasteiger partial charge in [0.25, 0.3) is 0 Å². The normalized spacial score (nSPS) is 23.1. The van der Waals surface area contributed by atoms with Gasteiger partial charge in [-0.15, -0.1) is 11.8 Å². The van der Waals surface area contributed by atoms with Crippen molar-refractivity contribution in [3.05, 3.63) is 35.1 Å². The summed E-state index contributed by atoms with van der Waals surface area (Å²) in [4.78, 5) is 18.7. The van der Waals surface area contributed by atoms with E-state index < -0.39 is 0 Å². The molecule has 0 saturated carbocycles. The molecule has 1 unspecified atom stereocenters. The fraction of sp³-hybridized carbons (Fsp3) is 0.556. The molecular formula is C18H27N3OS. The van der Waals surface area contributed by atoms with E-state index in [0.29, 0.717) is 6.54 Å². The fourth-order valence-electron chi connectivity index (χ4n) is 2.97. The fourth-order valence-corrected chi connectivity index (χ4v) is 3.24. The van der Waals surface area contributed by atoms with Gasteiger partial charge in [0.1, 0.15) is 0 Å². The SMILES string of the molecule is CSC=N/C(C)=C/C1=CC=C(CNC(=O)C2CCCN2C)CC1. The van der Waals surface area contributed by atoms with Crippen LogP contribution >= 0.6 is 11.8 Å². The number of hydrogen-bond acceptors (Lipinski definition) is 4. The van der Waals surface area contributed by atoms with Crippen LogP contribution in [0.15, 0.2) is 40.1 Å². The number of carbonyl (C=O) groups is 1. The minimum Gasteiger partial charge on any atom is -0.351 e. The first-order chi connectivity index (χ1) is 11.1. The molecule has 1 atom stereocenters. The van der Waals surface area contributed by atoms with Crippen molar-refractivity contribution in [3.8, 4) is 0 Å². The highest BCUT2D eigenvalue weighted by atomic mass is 32.2. The molecule has 0 aromatic heterocycles. The van der Waals surface area contributed by atoms with E-state index in [4.69, 9.17) is 0 Å². The van der Waals surface area contributed by atoms with E-state index in [2.05, 4.69) is 33.4 Å². The predicted molar refractivity (Wildman–Crippen MR) is 99.8 cm³/mol. The number of likely N-dealkylation sites (tertiary alicyclic amines) is 1. The molecule has 2 aliphatic rings. The second-order valence-corrected chi connectivity index (χ2v) is 6.86. The number of likely N-dealkylation sites (N-methyl/N-ethyl adjacent to an activating group) is 1. The number of amides is 1. The van der Waals surface area contributed by atoms with Gasteiger partial charge in [0.05, 0.1) is 11.6 Å². The van der Waals surface area contributed by atoms with Crippen LogP contribution in [0.2, 0.25) is 0 Å². The largest absolute Gasteiger partial charge is 0.351 e. The molecule has 126 valence electrons. The van der Waals surface area contributed by atoms with Gasteiger partial charge in [-0.1, -0.05) is 17.7 Å². The lowest BCUT2D eigenvalue weighted by molar-refractivity contribution is -0.124. The van der Waals surface area contributed by atoms with Crippen molar-refractivity contribution in [1.29, 1.82) is 0 Å². The zero-order chi connectivity index (χ0) is 16.7. The zero-order valence-corrected chi connectivity index (χ0v) is 15.2. The molecule has 0 aromatic rings. The average molecular weight is 334 g/mol. The van der Waals surface area contributed by atoms with Crippen molar-refractivity contribution >= 4 is 23.2 Å². The number of nitrogens with one attached hydrogen (secondary N) is 1. The van der Waals surface area contributed by atoms with Crippen molar-refractivity contribution in [2.75, 3.05) is 26.4 Å². The first kappa shape index (κ1) is 18.0. The maximum atomic E-state index is 12.2. The van der Waals surface area contributed by atoms with Gasteiger partial charge in [0.2, 0.25) is 5.91 Å². The van der Waals surface area contributed by atoms with E-state index in [1.165, 1.54) is 11.1 Å². The van der Waals surface area contributed by atoms with Gasteiger partial charge in [-0.25, -0.2) is 0 Å². The molecule has 1 amide bonds. The highest BCUT2D eigenvalue weighted by Gasteiger charge is 2.27. The lowest BCUT2D eigenvalue weighted by atomic mass is 9.97. The summed E-state index contributed by atoms with van der Waals surface area (Å²) in [5, 5.41) is 3.09. The van der Waals surface area contributed by atoms with Gasteiger partial charge >= 0.3 is 0 Å². The predicted octanol–water partition coefficient (Wildman–Crippen LogP) is 3.14. The number of rotatable bonds is 6. The molecular weight excluding hydrogens is 306 g/mol. The molecule has 0 aromatic carbocycles. The monoisotopic (exact) mass is 333 g/mol. The molecule has 2 rings (SSSR count). The molecule has 1 fully saturated rings. The Kier molecular flexibility index (Phi) is 7.12. The highest BCUT2D eigenvalue weighted by molar-refractivity contribution is 8.11.